The van der Waals surface area contributed by atoms with Gasteiger partial charge in [-0.1, -0.05) is 17.7 Å². The Bertz CT molecular complexity index is 705. The third kappa shape index (κ3) is 8.17. The molecule has 0 aliphatic heterocycles. The molecule has 1 aromatic carbocycles. The fourth-order valence-corrected chi connectivity index (χ4v) is 3.45. The van der Waals surface area contributed by atoms with Crippen LogP contribution < -0.4 is 15.4 Å². The van der Waals surface area contributed by atoms with Gasteiger partial charge in [-0.05, 0) is 45.2 Å². The van der Waals surface area contributed by atoms with Gasteiger partial charge in [0.05, 0.1) is 12.9 Å². The number of nitrogens with one attached hydrogen (secondary N) is 2. The number of hydrogen-bond donors (Lipinski definition) is 2. The molecule has 0 radical (unpaired) electrons. The quantitative estimate of drug-likeness (QED) is 0.337. The molecule has 0 aromatic heterocycles. The normalized spacial score (nSPS) is 12.3. The van der Waals surface area contributed by atoms with E-state index in [4.69, 9.17) is 4.74 Å². The largest absolute Gasteiger partial charge is 0.496 e. The Morgan fingerprint density at radius 2 is 2.00 bits per heavy atom. The molecule has 0 saturated carbocycles. The third-order valence-electron chi connectivity index (χ3n) is 4.21. The molecule has 8 heteroatoms. The molecule has 0 atom stereocenters. The highest BCUT2D eigenvalue weighted by molar-refractivity contribution is 7.89. The van der Waals surface area contributed by atoms with Crippen molar-refractivity contribution in [2.24, 2.45) is 4.99 Å². The lowest BCUT2D eigenvalue weighted by atomic mass is 10.1. The van der Waals surface area contributed by atoms with E-state index in [1.54, 1.807) is 21.1 Å². The molecule has 0 heterocycles. The fraction of sp³-hybridized carbons (Fsp3) is 0.632. The topological polar surface area (TPSA) is 83.0 Å². The Kier molecular flexibility index (Phi) is 10.2. The second kappa shape index (κ2) is 11.8. The van der Waals surface area contributed by atoms with Crippen LogP contribution in [-0.4, -0.2) is 64.8 Å². The number of rotatable bonds is 11. The Labute approximate surface area is 164 Å². The van der Waals surface area contributed by atoms with Crippen LogP contribution in [0.25, 0.3) is 0 Å². The van der Waals surface area contributed by atoms with Crippen LogP contribution in [0.4, 0.5) is 0 Å². The van der Waals surface area contributed by atoms with Crippen molar-refractivity contribution in [3.8, 4) is 5.75 Å². The summed E-state index contributed by atoms with van der Waals surface area (Å²) in [6, 6.07) is 6.16. The summed E-state index contributed by atoms with van der Waals surface area (Å²) in [5, 5.41) is 6.54. The second-order valence-electron chi connectivity index (χ2n) is 6.33. The van der Waals surface area contributed by atoms with Crippen molar-refractivity contribution in [3.63, 3.8) is 0 Å². The van der Waals surface area contributed by atoms with Gasteiger partial charge in [-0.25, -0.2) is 12.7 Å². The van der Waals surface area contributed by atoms with Crippen LogP contribution in [-0.2, 0) is 16.4 Å². The fourth-order valence-electron chi connectivity index (χ4n) is 2.60. The Balaban J connectivity index is 2.51. The average Bonchev–Trinajstić information content (AvgIpc) is 2.65. The predicted molar refractivity (Wildman–Crippen MR) is 112 cm³/mol. The summed E-state index contributed by atoms with van der Waals surface area (Å²) in [5.74, 6) is 1.76. The van der Waals surface area contributed by atoms with E-state index in [0.717, 1.165) is 36.8 Å². The lowest BCUT2D eigenvalue weighted by molar-refractivity contribution is 0.409. The van der Waals surface area contributed by atoms with Gasteiger partial charge in [-0.15, -0.1) is 0 Å². The van der Waals surface area contributed by atoms with Crippen LogP contribution >= 0.6 is 0 Å². The summed E-state index contributed by atoms with van der Waals surface area (Å²) in [5.41, 5.74) is 2.37. The number of nitrogens with zero attached hydrogens (tertiary/aromatic N) is 2. The van der Waals surface area contributed by atoms with Crippen LogP contribution in [0, 0.1) is 6.92 Å². The molecule has 0 unspecified atom stereocenters. The van der Waals surface area contributed by atoms with E-state index in [9.17, 15) is 8.42 Å². The van der Waals surface area contributed by atoms with E-state index in [-0.39, 0.29) is 5.75 Å². The van der Waals surface area contributed by atoms with Crippen molar-refractivity contribution in [1.82, 2.24) is 14.9 Å². The van der Waals surface area contributed by atoms with E-state index in [2.05, 4.69) is 28.6 Å². The smallest absolute Gasteiger partial charge is 0.213 e. The summed E-state index contributed by atoms with van der Waals surface area (Å²) in [6.45, 7) is 8.27. The third-order valence-corrected chi connectivity index (χ3v) is 6.07. The zero-order valence-electron chi connectivity index (χ0n) is 17.2. The van der Waals surface area contributed by atoms with Crippen LogP contribution in [0.2, 0.25) is 0 Å². The summed E-state index contributed by atoms with van der Waals surface area (Å²) in [4.78, 5) is 4.53. The van der Waals surface area contributed by atoms with Gasteiger partial charge in [0.1, 0.15) is 5.75 Å². The Morgan fingerprint density at radius 1 is 1.26 bits per heavy atom. The monoisotopic (exact) mass is 398 g/mol. The first-order valence-corrected chi connectivity index (χ1v) is 11.0. The molecular formula is C19H34N4O3S. The zero-order valence-corrected chi connectivity index (χ0v) is 18.0. The maximum Gasteiger partial charge on any atom is 0.213 e. The van der Waals surface area contributed by atoms with Crippen molar-refractivity contribution < 1.29 is 13.2 Å². The summed E-state index contributed by atoms with van der Waals surface area (Å²) < 4.78 is 30.3. The van der Waals surface area contributed by atoms with Crippen molar-refractivity contribution >= 4 is 16.0 Å². The Hall–Kier alpha value is -1.80. The maximum atomic E-state index is 11.7. The molecule has 1 rings (SSSR count). The number of hydrogen-bond acceptors (Lipinski definition) is 4. The summed E-state index contributed by atoms with van der Waals surface area (Å²) in [7, 11) is 0.173. The molecule has 0 aliphatic carbocycles. The summed E-state index contributed by atoms with van der Waals surface area (Å²) in [6.07, 6.45) is 1.50. The van der Waals surface area contributed by atoms with Gasteiger partial charge in [0.15, 0.2) is 5.96 Å². The van der Waals surface area contributed by atoms with Gasteiger partial charge in [0.25, 0.3) is 0 Å². The minimum Gasteiger partial charge on any atom is -0.496 e. The van der Waals surface area contributed by atoms with Gasteiger partial charge in [0, 0.05) is 33.2 Å². The van der Waals surface area contributed by atoms with E-state index < -0.39 is 10.0 Å². The number of guanidine groups is 1. The minimum atomic E-state index is -3.12. The van der Waals surface area contributed by atoms with Crippen LogP contribution in [0.1, 0.15) is 31.4 Å². The van der Waals surface area contributed by atoms with Crippen LogP contribution in [0.3, 0.4) is 0 Å². The molecule has 0 spiro atoms. The molecule has 0 bridgehead atoms. The van der Waals surface area contributed by atoms with Gasteiger partial charge in [-0.2, -0.15) is 0 Å². The molecule has 154 valence electrons. The van der Waals surface area contributed by atoms with Gasteiger partial charge < -0.3 is 15.4 Å². The van der Waals surface area contributed by atoms with E-state index in [1.807, 2.05) is 19.1 Å². The van der Waals surface area contributed by atoms with Gasteiger partial charge in [-0.3, -0.25) is 4.99 Å². The number of sulfonamides is 1. The first-order chi connectivity index (χ1) is 12.8. The van der Waals surface area contributed by atoms with Crippen molar-refractivity contribution in [1.29, 1.82) is 0 Å². The highest BCUT2D eigenvalue weighted by Gasteiger charge is 2.13. The minimum absolute atomic E-state index is 0.124. The van der Waals surface area contributed by atoms with E-state index in [1.165, 1.54) is 9.87 Å². The second-order valence-corrected chi connectivity index (χ2v) is 8.69. The molecule has 2 N–H and O–H groups in total. The van der Waals surface area contributed by atoms with Crippen molar-refractivity contribution in [2.45, 2.75) is 33.6 Å². The summed E-state index contributed by atoms with van der Waals surface area (Å²) >= 11 is 0. The molecule has 0 saturated heterocycles. The average molecular weight is 399 g/mol. The first kappa shape index (κ1) is 23.2. The predicted octanol–water partition coefficient (Wildman–Crippen LogP) is 1.77. The van der Waals surface area contributed by atoms with Crippen LogP contribution in [0.15, 0.2) is 23.2 Å². The van der Waals surface area contributed by atoms with Gasteiger partial charge >= 0.3 is 0 Å². The lowest BCUT2D eigenvalue weighted by Gasteiger charge is -2.16. The SMILES string of the molecule is CCNC(=NCCCN(C)S(=O)(=O)CC)NCCc1cc(C)ccc1OC. The van der Waals surface area contributed by atoms with Crippen molar-refractivity contribution in [3.05, 3.63) is 29.3 Å². The molecule has 0 fully saturated rings. The molecule has 7 nitrogen and oxygen atoms in total. The molecular weight excluding hydrogens is 364 g/mol. The molecule has 27 heavy (non-hydrogen) atoms. The standard InChI is InChI=1S/C19H34N4O3S/c1-6-20-19(21-12-8-14-23(4)27(24,25)7-2)22-13-11-17-15-16(3)9-10-18(17)26-5/h9-10,15H,6-8,11-14H2,1-5H3,(H2,20,21,22). The van der Waals surface area contributed by atoms with Crippen molar-refractivity contribution in [2.75, 3.05) is 46.1 Å². The van der Waals surface area contributed by atoms with E-state index >= 15 is 0 Å². The highest BCUT2D eigenvalue weighted by Crippen LogP contribution is 2.19. The zero-order chi connectivity index (χ0) is 20.3. The van der Waals surface area contributed by atoms with Gasteiger partial charge in [0.2, 0.25) is 10.0 Å². The number of aryl methyl sites for hydroxylation is 1. The number of methoxy groups -OCH3 is 1. The molecule has 0 aliphatic rings. The highest BCUT2D eigenvalue weighted by atomic mass is 32.2. The molecule has 0 amide bonds. The maximum absolute atomic E-state index is 11.7. The lowest BCUT2D eigenvalue weighted by Crippen LogP contribution is -2.38. The van der Waals surface area contributed by atoms with Crippen LogP contribution in [0.5, 0.6) is 5.75 Å². The Morgan fingerprint density at radius 3 is 2.63 bits per heavy atom. The van der Waals surface area contributed by atoms with E-state index in [0.29, 0.717) is 19.5 Å². The number of aliphatic imine (C=N–C) groups is 1. The molecule has 1 aromatic rings. The first-order valence-electron chi connectivity index (χ1n) is 9.43. The number of ether oxygens (including phenoxy) is 1. The number of benzene rings is 1.